The predicted octanol–water partition coefficient (Wildman–Crippen LogP) is 1.87. The first kappa shape index (κ1) is 13.8. The van der Waals surface area contributed by atoms with E-state index in [1.165, 1.54) is 11.3 Å². The number of fused-ring (bicyclic) bond motifs is 1. The van der Waals surface area contributed by atoms with Crippen molar-refractivity contribution in [2.24, 2.45) is 5.73 Å². The second kappa shape index (κ2) is 5.71. The maximum Gasteiger partial charge on any atom is 0.242 e. The Hall–Kier alpha value is -2.12. The second-order valence-electron chi connectivity index (χ2n) is 4.67. The highest BCUT2D eigenvalue weighted by atomic mass is 32.1. The Labute approximate surface area is 125 Å². The molecule has 110 valence electrons. The summed E-state index contributed by atoms with van der Waals surface area (Å²) in [4.78, 5) is 15.9. The van der Waals surface area contributed by atoms with Crippen molar-refractivity contribution in [2.45, 2.75) is 13.0 Å². The summed E-state index contributed by atoms with van der Waals surface area (Å²) < 4.78 is 11.0. The minimum absolute atomic E-state index is 0.252. The van der Waals surface area contributed by atoms with Crippen LogP contribution in [0.3, 0.4) is 0 Å². The van der Waals surface area contributed by atoms with Crippen molar-refractivity contribution in [1.29, 1.82) is 0 Å². The minimum Gasteiger partial charge on any atom is -0.486 e. The van der Waals surface area contributed by atoms with Crippen LogP contribution >= 0.6 is 11.3 Å². The van der Waals surface area contributed by atoms with E-state index in [0.717, 1.165) is 17.0 Å². The van der Waals surface area contributed by atoms with Crippen LogP contribution in [0.1, 0.15) is 6.92 Å². The molecule has 21 heavy (non-hydrogen) atoms. The first-order valence-corrected chi connectivity index (χ1v) is 7.43. The molecule has 1 atom stereocenters. The highest BCUT2D eigenvalue weighted by molar-refractivity contribution is 7.14. The van der Waals surface area contributed by atoms with Crippen molar-refractivity contribution in [1.82, 2.24) is 4.98 Å². The number of anilines is 1. The lowest BCUT2D eigenvalue weighted by atomic mass is 10.1. The average molecular weight is 305 g/mol. The molecule has 3 N–H and O–H groups in total. The monoisotopic (exact) mass is 305 g/mol. The van der Waals surface area contributed by atoms with Crippen LogP contribution in [0.2, 0.25) is 0 Å². The van der Waals surface area contributed by atoms with Gasteiger partial charge in [-0.15, -0.1) is 11.3 Å². The fourth-order valence-corrected chi connectivity index (χ4v) is 2.61. The zero-order valence-corrected chi connectivity index (χ0v) is 12.3. The van der Waals surface area contributed by atoms with E-state index in [2.05, 4.69) is 10.3 Å². The van der Waals surface area contributed by atoms with E-state index in [1.54, 1.807) is 6.92 Å². The zero-order chi connectivity index (χ0) is 14.8. The lowest BCUT2D eigenvalue weighted by Gasteiger charge is -2.18. The maximum absolute atomic E-state index is 11.5. The largest absolute Gasteiger partial charge is 0.486 e. The number of amides is 1. The fourth-order valence-electron chi connectivity index (χ4n) is 1.89. The molecule has 0 aliphatic carbocycles. The van der Waals surface area contributed by atoms with E-state index in [0.29, 0.717) is 24.1 Å². The topological polar surface area (TPSA) is 86.5 Å². The highest BCUT2D eigenvalue weighted by Gasteiger charge is 2.15. The van der Waals surface area contributed by atoms with E-state index >= 15 is 0 Å². The Kier molecular flexibility index (Phi) is 3.76. The number of carbonyl (C=O) groups is 1. The van der Waals surface area contributed by atoms with Gasteiger partial charge in [0.2, 0.25) is 5.91 Å². The van der Waals surface area contributed by atoms with Gasteiger partial charge in [0.15, 0.2) is 16.6 Å². The van der Waals surface area contributed by atoms with Crippen LogP contribution in [-0.2, 0) is 4.79 Å². The number of rotatable bonds is 3. The van der Waals surface area contributed by atoms with Crippen LogP contribution < -0.4 is 20.5 Å². The summed E-state index contributed by atoms with van der Waals surface area (Å²) in [6.45, 7) is 2.74. The third-order valence-corrected chi connectivity index (χ3v) is 3.74. The van der Waals surface area contributed by atoms with Crippen LogP contribution in [0, 0.1) is 0 Å². The molecule has 0 saturated heterocycles. The molecule has 0 saturated carbocycles. The molecular formula is C14H15N3O3S. The van der Waals surface area contributed by atoms with Gasteiger partial charge >= 0.3 is 0 Å². The molecule has 2 heterocycles. The van der Waals surface area contributed by atoms with Crippen molar-refractivity contribution >= 4 is 22.4 Å². The fraction of sp³-hybridized carbons (Fsp3) is 0.286. The summed E-state index contributed by atoms with van der Waals surface area (Å²) in [6.07, 6.45) is 0. The SMILES string of the molecule is C[C@@H](N)C(=O)Nc1nc(-c2ccc3c(c2)OCCO3)cs1. The number of aromatic nitrogens is 1. The Morgan fingerprint density at radius 1 is 1.38 bits per heavy atom. The Morgan fingerprint density at radius 2 is 2.14 bits per heavy atom. The first-order chi connectivity index (χ1) is 10.1. The Morgan fingerprint density at radius 3 is 2.90 bits per heavy atom. The summed E-state index contributed by atoms with van der Waals surface area (Å²) in [7, 11) is 0. The Balaban J connectivity index is 1.81. The number of thiazole rings is 1. The molecule has 6 nitrogen and oxygen atoms in total. The van der Waals surface area contributed by atoms with E-state index in [1.807, 2.05) is 23.6 Å². The van der Waals surface area contributed by atoms with Gasteiger partial charge in [-0.1, -0.05) is 0 Å². The predicted molar refractivity (Wildman–Crippen MR) is 80.8 cm³/mol. The summed E-state index contributed by atoms with van der Waals surface area (Å²) in [6, 6.07) is 5.11. The standard InChI is InChI=1S/C14H15N3O3S/c1-8(15)13(18)17-14-16-10(7-21-14)9-2-3-11-12(6-9)20-5-4-19-11/h2-3,6-8H,4-5,15H2,1H3,(H,16,17,18)/t8-/m1/s1. The van der Waals surface area contributed by atoms with Gasteiger partial charge in [0.25, 0.3) is 0 Å². The van der Waals surface area contributed by atoms with Crippen molar-refractivity contribution in [2.75, 3.05) is 18.5 Å². The Bertz CT molecular complexity index is 669. The third-order valence-electron chi connectivity index (χ3n) is 2.99. The van der Waals surface area contributed by atoms with Crippen LogP contribution in [-0.4, -0.2) is 30.1 Å². The van der Waals surface area contributed by atoms with Gasteiger partial charge in [-0.3, -0.25) is 4.79 Å². The van der Waals surface area contributed by atoms with Crippen molar-refractivity contribution in [3.63, 3.8) is 0 Å². The van der Waals surface area contributed by atoms with E-state index in [-0.39, 0.29) is 5.91 Å². The minimum atomic E-state index is -0.563. The van der Waals surface area contributed by atoms with Crippen LogP contribution in [0.15, 0.2) is 23.6 Å². The highest BCUT2D eigenvalue weighted by Crippen LogP contribution is 2.35. The number of ether oxygens (including phenoxy) is 2. The van der Waals surface area contributed by atoms with Crippen LogP contribution in [0.4, 0.5) is 5.13 Å². The molecule has 1 aliphatic rings. The molecule has 1 aliphatic heterocycles. The van der Waals surface area contributed by atoms with Crippen LogP contribution in [0.5, 0.6) is 11.5 Å². The number of nitrogens with zero attached hydrogens (tertiary/aromatic N) is 1. The molecule has 1 aromatic heterocycles. The summed E-state index contributed by atoms with van der Waals surface area (Å²) >= 11 is 1.36. The first-order valence-electron chi connectivity index (χ1n) is 6.55. The van der Waals surface area contributed by atoms with Gasteiger partial charge in [-0.2, -0.15) is 0 Å². The average Bonchev–Trinajstić information content (AvgIpc) is 2.95. The number of nitrogens with one attached hydrogen (secondary N) is 1. The van der Waals surface area contributed by atoms with E-state index in [4.69, 9.17) is 15.2 Å². The molecule has 7 heteroatoms. The third kappa shape index (κ3) is 2.98. The number of hydrogen-bond donors (Lipinski definition) is 2. The molecule has 0 radical (unpaired) electrons. The molecule has 0 bridgehead atoms. The van der Waals surface area contributed by atoms with Gasteiger partial charge in [-0.25, -0.2) is 4.98 Å². The van der Waals surface area contributed by atoms with Gasteiger partial charge < -0.3 is 20.5 Å². The number of hydrogen-bond acceptors (Lipinski definition) is 6. The van der Waals surface area contributed by atoms with Crippen molar-refractivity contribution in [3.05, 3.63) is 23.6 Å². The lowest BCUT2D eigenvalue weighted by Crippen LogP contribution is -2.32. The van der Waals surface area contributed by atoms with Gasteiger partial charge in [0.1, 0.15) is 13.2 Å². The quantitative estimate of drug-likeness (QED) is 0.904. The van der Waals surface area contributed by atoms with Crippen LogP contribution in [0.25, 0.3) is 11.3 Å². The number of nitrogens with two attached hydrogens (primary N) is 1. The summed E-state index contributed by atoms with van der Waals surface area (Å²) in [5.41, 5.74) is 7.20. The molecule has 2 aromatic rings. The smallest absolute Gasteiger partial charge is 0.242 e. The van der Waals surface area contributed by atoms with E-state index in [9.17, 15) is 4.79 Å². The molecule has 0 fully saturated rings. The second-order valence-corrected chi connectivity index (χ2v) is 5.53. The summed E-state index contributed by atoms with van der Waals surface area (Å²) in [5, 5.41) is 5.09. The van der Waals surface area contributed by atoms with Gasteiger partial charge in [0, 0.05) is 10.9 Å². The molecule has 1 aromatic carbocycles. The number of carbonyl (C=O) groups excluding carboxylic acids is 1. The zero-order valence-electron chi connectivity index (χ0n) is 11.5. The van der Waals surface area contributed by atoms with Gasteiger partial charge in [-0.05, 0) is 25.1 Å². The molecule has 3 rings (SSSR count). The molecule has 0 unspecified atom stereocenters. The van der Waals surface area contributed by atoms with Gasteiger partial charge in [0.05, 0.1) is 11.7 Å². The maximum atomic E-state index is 11.5. The molecule has 1 amide bonds. The van der Waals surface area contributed by atoms with Crippen molar-refractivity contribution in [3.8, 4) is 22.8 Å². The van der Waals surface area contributed by atoms with Crippen molar-refractivity contribution < 1.29 is 14.3 Å². The lowest BCUT2D eigenvalue weighted by molar-refractivity contribution is -0.117. The normalized spacial score (nSPS) is 14.6. The molecule has 0 spiro atoms. The summed E-state index contributed by atoms with van der Waals surface area (Å²) in [5.74, 6) is 1.21. The van der Waals surface area contributed by atoms with E-state index < -0.39 is 6.04 Å². The number of benzene rings is 1. The molecular weight excluding hydrogens is 290 g/mol.